The Morgan fingerprint density at radius 3 is 2.71 bits per heavy atom. The summed E-state index contributed by atoms with van der Waals surface area (Å²) in [5, 5.41) is 2.95. The summed E-state index contributed by atoms with van der Waals surface area (Å²) in [6, 6.07) is 8.46. The third-order valence-electron chi connectivity index (χ3n) is 3.83. The number of amides is 1. The van der Waals surface area contributed by atoms with Crippen LogP contribution >= 0.6 is 11.3 Å². The van der Waals surface area contributed by atoms with Crippen molar-refractivity contribution in [2.24, 2.45) is 0 Å². The first-order chi connectivity index (χ1) is 10.2. The molecule has 1 heterocycles. The lowest BCUT2D eigenvalue weighted by molar-refractivity contribution is 0.0958. The number of rotatable bonds is 4. The molecule has 0 atom stereocenters. The van der Waals surface area contributed by atoms with Crippen LogP contribution in [0.5, 0.6) is 0 Å². The summed E-state index contributed by atoms with van der Waals surface area (Å²) in [6.45, 7) is 0.576. The number of fused-ring (bicyclic) bond motifs is 1. The predicted octanol–water partition coefficient (Wildman–Crippen LogP) is 3.74. The van der Waals surface area contributed by atoms with Crippen LogP contribution in [-0.4, -0.2) is 12.5 Å². The van der Waals surface area contributed by atoms with Gasteiger partial charge in [0.05, 0.1) is 4.88 Å². The molecule has 0 fully saturated rings. The Labute approximate surface area is 128 Å². The van der Waals surface area contributed by atoms with E-state index < -0.39 is 0 Å². The normalized spacial score (nSPS) is 13.8. The Morgan fingerprint density at radius 1 is 1.19 bits per heavy atom. The van der Waals surface area contributed by atoms with E-state index in [0.717, 1.165) is 29.7 Å². The fourth-order valence-corrected chi connectivity index (χ4v) is 3.83. The highest BCUT2D eigenvalue weighted by molar-refractivity contribution is 7.14. The van der Waals surface area contributed by atoms with Crippen LogP contribution in [0.15, 0.2) is 30.3 Å². The molecule has 1 aromatic carbocycles. The maximum absolute atomic E-state index is 12.8. The Balaban J connectivity index is 1.54. The fraction of sp³-hybridized carbons (Fsp3) is 0.353. The number of carbonyl (C=O) groups excluding carboxylic acids is 1. The average molecular weight is 303 g/mol. The molecule has 0 saturated heterocycles. The smallest absolute Gasteiger partial charge is 0.261 e. The van der Waals surface area contributed by atoms with Crippen molar-refractivity contribution in [3.63, 3.8) is 0 Å². The number of aryl methyl sites for hydroxylation is 2. The van der Waals surface area contributed by atoms with Crippen molar-refractivity contribution in [3.8, 4) is 0 Å². The molecule has 2 nitrogen and oxygen atoms in total. The van der Waals surface area contributed by atoms with Gasteiger partial charge in [-0.25, -0.2) is 4.39 Å². The van der Waals surface area contributed by atoms with E-state index in [1.807, 2.05) is 6.07 Å². The third kappa shape index (κ3) is 3.50. The first kappa shape index (κ1) is 14.3. The molecule has 1 aromatic heterocycles. The number of nitrogens with one attached hydrogen (secondary N) is 1. The average Bonchev–Trinajstić information content (AvgIpc) is 2.93. The van der Waals surface area contributed by atoms with Gasteiger partial charge in [0.25, 0.3) is 5.91 Å². The maximum Gasteiger partial charge on any atom is 0.261 e. The highest BCUT2D eigenvalue weighted by atomic mass is 32.1. The van der Waals surface area contributed by atoms with Crippen LogP contribution in [0.1, 0.15) is 38.5 Å². The second-order valence-corrected chi connectivity index (χ2v) is 6.54. The Kier molecular flexibility index (Phi) is 4.34. The lowest BCUT2D eigenvalue weighted by Gasteiger charge is -2.08. The molecule has 3 rings (SSSR count). The number of halogens is 1. The van der Waals surface area contributed by atoms with Gasteiger partial charge in [0.1, 0.15) is 5.82 Å². The molecule has 0 spiro atoms. The molecule has 0 radical (unpaired) electrons. The van der Waals surface area contributed by atoms with Crippen molar-refractivity contribution in [3.05, 3.63) is 57.0 Å². The van der Waals surface area contributed by atoms with E-state index in [-0.39, 0.29) is 11.7 Å². The lowest BCUT2D eigenvalue weighted by Crippen LogP contribution is -2.24. The van der Waals surface area contributed by atoms with Gasteiger partial charge in [0.15, 0.2) is 0 Å². The minimum Gasteiger partial charge on any atom is -0.351 e. The topological polar surface area (TPSA) is 29.1 Å². The molecular weight excluding hydrogens is 285 g/mol. The Bertz CT molecular complexity index is 609. The van der Waals surface area contributed by atoms with E-state index >= 15 is 0 Å². The Morgan fingerprint density at radius 2 is 1.95 bits per heavy atom. The summed E-state index contributed by atoms with van der Waals surface area (Å²) in [5.41, 5.74) is 2.39. The van der Waals surface area contributed by atoms with E-state index in [1.54, 1.807) is 23.5 Å². The van der Waals surface area contributed by atoms with Crippen molar-refractivity contribution < 1.29 is 9.18 Å². The second kappa shape index (κ2) is 6.39. The third-order valence-corrected chi connectivity index (χ3v) is 5.07. The van der Waals surface area contributed by atoms with Gasteiger partial charge in [-0.15, -0.1) is 11.3 Å². The van der Waals surface area contributed by atoms with Crippen LogP contribution in [0.2, 0.25) is 0 Å². The largest absolute Gasteiger partial charge is 0.351 e. The summed E-state index contributed by atoms with van der Waals surface area (Å²) in [5.74, 6) is -0.219. The van der Waals surface area contributed by atoms with Crippen molar-refractivity contribution in [1.29, 1.82) is 0 Å². The van der Waals surface area contributed by atoms with Crippen molar-refractivity contribution in [2.75, 3.05) is 6.54 Å². The molecule has 0 bridgehead atoms. The van der Waals surface area contributed by atoms with Gasteiger partial charge in [-0.05, 0) is 61.4 Å². The molecule has 21 heavy (non-hydrogen) atoms. The van der Waals surface area contributed by atoms with Gasteiger partial charge >= 0.3 is 0 Å². The molecule has 1 N–H and O–H groups in total. The Hall–Kier alpha value is -1.68. The van der Waals surface area contributed by atoms with Gasteiger partial charge in [-0.1, -0.05) is 12.1 Å². The summed E-state index contributed by atoms with van der Waals surface area (Å²) in [7, 11) is 0. The number of benzene rings is 1. The molecule has 0 aliphatic heterocycles. The van der Waals surface area contributed by atoms with E-state index in [2.05, 4.69) is 5.32 Å². The zero-order valence-corrected chi connectivity index (χ0v) is 12.6. The van der Waals surface area contributed by atoms with Crippen LogP contribution in [0.25, 0.3) is 0 Å². The molecule has 0 unspecified atom stereocenters. The van der Waals surface area contributed by atoms with E-state index in [9.17, 15) is 9.18 Å². The molecule has 1 aliphatic rings. The van der Waals surface area contributed by atoms with E-state index in [1.165, 1.54) is 35.4 Å². The number of hydrogen-bond donors (Lipinski definition) is 1. The second-order valence-electron chi connectivity index (χ2n) is 5.40. The quantitative estimate of drug-likeness (QED) is 0.916. The predicted molar refractivity (Wildman–Crippen MR) is 83.4 cm³/mol. The lowest BCUT2D eigenvalue weighted by atomic mass is 9.99. The standard InChI is InChI=1S/C17H18FNOS/c18-14-7-5-12(6-8-14)9-10-19-17(20)16-11-13-3-1-2-4-15(13)21-16/h5-8,11H,1-4,9-10H2,(H,19,20). The number of carbonyl (C=O) groups is 1. The summed E-state index contributed by atoms with van der Waals surface area (Å²) in [4.78, 5) is 14.3. The molecule has 1 aliphatic carbocycles. The minimum atomic E-state index is -0.230. The van der Waals surface area contributed by atoms with Crippen LogP contribution in [-0.2, 0) is 19.3 Å². The van der Waals surface area contributed by atoms with Gasteiger partial charge in [-0.2, -0.15) is 0 Å². The SMILES string of the molecule is O=C(NCCc1ccc(F)cc1)c1cc2c(s1)CCCC2. The molecular formula is C17H18FNOS. The van der Waals surface area contributed by atoms with Gasteiger partial charge < -0.3 is 5.32 Å². The summed E-state index contributed by atoms with van der Waals surface area (Å²) in [6.07, 6.45) is 5.41. The first-order valence-corrected chi connectivity index (χ1v) is 8.18. The van der Waals surface area contributed by atoms with Crippen molar-refractivity contribution in [2.45, 2.75) is 32.1 Å². The fourth-order valence-electron chi connectivity index (χ4n) is 2.66. The highest BCUT2D eigenvalue weighted by Crippen LogP contribution is 2.29. The van der Waals surface area contributed by atoms with Gasteiger partial charge in [0.2, 0.25) is 0 Å². The summed E-state index contributed by atoms with van der Waals surface area (Å²) < 4.78 is 12.8. The summed E-state index contributed by atoms with van der Waals surface area (Å²) >= 11 is 1.63. The van der Waals surface area contributed by atoms with E-state index in [4.69, 9.17) is 0 Å². The number of hydrogen-bond acceptors (Lipinski definition) is 2. The minimum absolute atomic E-state index is 0.0107. The van der Waals surface area contributed by atoms with Crippen LogP contribution < -0.4 is 5.32 Å². The van der Waals surface area contributed by atoms with E-state index in [0.29, 0.717) is 6.54 Å². The first-order valence-electron chi connectivity index (χ1n) is 7.36. The number of thiophene rings is 1. The van der Waals surface area contributed by atoms with Crippen molar-refractivity contribution in [1.82, 2.24) is 5.32 Å². The van der Waals surface area contributed by atoms with Gasteiger partial charge in [-0.3, -0.25) is 4.79 Å². The zero-order chi connectivity index (χ0) is 14.7. The molecule has 2 aromatic rings. The highest BCUT2D eigenvalue weighted by Gasteiger charge is 2.16. The van der Waals surface area contributed by atoms with Crippen LogP contribution in [0.4, 0.5) is 4.39 Å². The van der Waals surface area contributed by atoms with Gasteiger partial charge in [0, 0.05) is 11.4 Å². The molecule has 4 heteroatoms. The monoisotopic (exact) mass is 303 g/mol. The molecule has 0 saturated carbocycles. The zero-order valence-electron chi connectivity index (χ0n) is 11.8. The maximum atomic E-state index is 12.8. The van der Waals surface area contributed by atoms with Crippen molar-refractivity contribution >= 4 is 17.2 Å². The molecule has 1 amide bonds. The molecule has 110 valence electrons. The van der Waals surface area contributed by atoms with Crippen LogP contribution in [0.3, 0.4) is 0 Å². The van der Waals surface area contributed by atoms with Crippen LogP contribution in [0, 0.1) is 5.82 Å².